The molecule has 3 aromatic carbocycles. The molecule has 0 fully saturated rings. The molecule has 1 amide bonds. The lowest BCUT2D eigenvalue weighted by Gasteiger charge is -2.07. The van der Waals surface area contributed by atoms with Gasteiger partial charge in [0.15, 0.2) is 5.76 Å². The molecule has 0 aliphatic heterocycles. The lowest BCUT2D eigenvalue weighted by Crippen LogP contribution is -2.12. The van der Waals surface area contributed by atoms with Gasteiger partial charge in [-0.15, -0.1) is 5.10 Å². The summed E-state index contributed by atoms with van der Waals surface area (Å²) in [4.78, 5) is 16.6. The highest BCUT2D eigenvalue weighted by atomic mass is 19.1. The molecule has 0 aliphatic carbocycles. The quantitative estimate of drug-likeness (QED) is 0.382. The summed E-state index contributed by atoms with van der Waals surface area (Å²) in [5.74, 6) is 0.763. The Hall–Kier alpha value is -4.46. The first kappa shape index (κ1) is 20.4. The second kappa shape index (κ2) is 8.96. The standard InChI is InChI=1S/C25H19FN4O3/c26-19-10-8-17(9-11-19)14-30-16-27-25(29-30)28-24(31)23-13-12-20(33-23)15-32-22-7-3-5-18-4-1-2-6-21(18)22/h1-13,16H,14-15H2,(H,28,29,31). The van der Waals surface area contributed by atoms with Crippen LogP contribution in [0.1, 0.15) is 21.9 Å². The van der Waals surface area contributed by atoms with Crippen LogP contribution in [0.25, 0.3) is 10.8 Å². The molecule has 2 aromatic heterocycles. The van der Waals surface area contributed by atoms with Crippen LogP contribution < -0.4 is 10.1 Å². The van der Waals surface area contributed by atoms with E-state index in [1.807, 2.05) is 42.5 Å². The first-order valence-electron chi connectivity index (χ1n) is 10.3. The fourth-order valence-corrected chi connectivity index (χ4v) is 3.42. The molecule has 0 bridgehead atoms. The van der Waals surface area contributed by atoms with Crippen molar-refractivity contribution in [3.05, 3.63) is 108 Å². The summed E-state index contributed by atoms with van der Waals surface area (Å²) in [6, 6.07) is 23.2. The maximum atomic E-state index is 13.0. The van der Waals surface area contributed by atoms with Gasteiger partial charge in [-0.1, -0.05) is 48.5 Å². The number of nitrogens with one attached hydrogen (secondary N) is 1. The van der Waals surface area contributed by atoms with E-state index in [-0.39, 0.29) is 24.1 Å². The maximum Gasteiger partial charge on any atom is 0.293 e. The van der Waals surface area contributed by atoms with Gasteiger partial charge >= 0.3 is 0 Å². The number of ether oxygens (including phenoxy) is 1. The van der Waals surface area contributed by atoms with Crippen LogP contribution in [0.3, 0.4) is 0 Å². The number of rotatable bonds is 7. The Bertz CT molecular complexity index is 1400. The number of hydrogen-bond donors (Lipinski definition) is 1. The molecule has 33 heavy (non-hydrogen) atoms. The molecule has 5 aromatic rings. The monoisotopic (exact) mass is 442 g/mol. The number of carbonyl (C=O) groups is 1. The zero-order valence-corrected chi connectivity index (χ0v) is 17.4. The number of fused-ring (bicyclic) bond motifs is 1. The Balaban J connectivity index is 1.20. The van der Waals surface area contributed by atoms with Crippen LogP contribution in [0, 0.1) is 5.82 Å². The van der Waals surface area contributed by atoms with E-state index in [1.54, 1.807) is 28.9 Å². The van der Waals surface area contributed by atoms with Gasteiger partial charge in [0.05, 0.1) is 6.54 Å². The molecule has 1 N–H and O–H groups in total. The SMILES string of the molecule is O=C(Nc1ncn(Cc2ccc(F)cc2)n1)c1ccc(COc2cccc3ccccc23)o1. The largest absolute Gasteiger partial charge is 0.485 e. The van der Waals surface area contributed by atoms with Crippen molar-refractivity contribution >= 4 is 22.6 Å². The predicted molar refractivity (Wildman–Crippen MR) is 120 cm³/mol. The fourth-order valence-electron chi connectivity index (χ4n) is 3.42. The predicted octanol–water partition coefficient (Wildman–Crippen LogP) is 5.04. The van der Waals surface area contributed by atoms with E-state index in [0.717, 1.165) is 22.1 Å². The van der Waals surface area contributed by atoms with E-state index < -0.39 is 5.91 Å². The minimum absolute atomic E-state index is 0.126. The Morgan fingerprint density at radius 3 is 2.70 bits per heavy atom. The number of furan rings is 1. The summed E-state index contributed by atoms with van der Waals surface area (Å²) in [6.45, 7) is 0.589. The summed E-state index contributed by atoms with van der Waals surface area (Å²) in [7, 11) is 0. The molecular weight excluding hydrogens is 423 g/mol. The summed E-state index contributed by atoms with van der Waals surface area (Å²) in [5, 5.41) is 8.92. The van der Waals surface area contributed by atoms with Crippen LogP contribution in [0.4, 0.5) is 10.3 Å². The zero-order chi connectivity index (χ0) is 22.6. The molecule has 0 spiro atoms. The van der Waals surface area contributed by atoms with E-state index in [1.165, 1.54) is 18.5 Å². The van der Waals surface area contributed by atoms with Gasteiger partial charge in [-0.25, -0.2) is 14.1 Å². The van der Waals surface area contributed by atoms with Crippen molar-refractivity contribution in [3.8, 4) is 5.75 Å². The van der Waals surface area contributed by atoms with E-state index in [2.05, 4.69) is 15.4 Å². The third-order valence-electron chi connectivity index (χ3n) is 5.02. The first-order valence-corrected chi connectivity index (χ1v) is 10.3. The lowest BCUT2D eigenvalue weighted by atomic mass is 10.1. The maximum absolute atomic E-state index is 13.0. The molecule has 0 saturated heterocycles. The van der Waals surface area contributed by atoms with Gasteiger partial charge in [0.1, 0.15) is 30.3 Å². The van der Waals surface area contributed by atoms with Crippen molar-refractivity contribution in [2.45, 2.75) is 13.2 Å². The molecule has 0 aliphatic rings. The average Bonchev–Trinajstić information content (AvgIpc) is 3.49. The Morgan fingerprint density at radius 1 is 1.00 bits per heavy atom. The van der Waals surface area contributed by atoms with Crippen molar-refractivity contribution in [1.82, 2.24) is 14.8 Å². The number of anilines is 1. The van der Waals surface area contributed by atoms with Gasteiger partial charge in [-0.2, -0.15) is 0 Å². The van der Waals surface area contributed by atoms with Crippen molar-refractivity contribution in [1.29, 1.82) is 0 Å². The topological polar surface area (TPSA) is 82.2 Å². The third-order valence-corrected chi connectivity index (χ3v) is 5.02. The van der Waals surface area contributed by atoms with Gasteiger partial charge in [0.2, 0.25) is 5.95 Å². The Labute approximate surface area is 188 Å². The van der Waals surface area contributed by atoms with Crippen molar-refractivity contribution in [2.75, 3.05) is 5.32 Å². The molecule has 0 unspecified atom stereocenters. The molecule has 164 valence electrons. The average molecular weight is 442 g/mol. The van der Waals surface area contributed by atoms with Crippen molar-refractivity contribution < 1.29 is 18.3 Å². The molecule has 0 saturated carbocycles. The number of halogens is 1. The number of carbonyl (C=O) groups excluding carboxylic acids is 1. The Kier molecular flexibility index (Phi) is 5.55. The van der Waals surface area contributed by atoms with E-state index >= 15 is 0 Å². The first-order chi connectivity index (χ1) is 16.1. The molecule has 5 rings (SSSR count). The molecule has 2 heterocycles. The van der Waals surface area contributed by atoms with Crippen LogP contribution in [0.15, 0.2) is 89.6 Å². The summed E-state index contributed by atoms with van der Waals surface area (Å²) >= 11 is 0. The zero-order valence-electron chi connectivity index (χ0n) is 17.4. The van der Waals surface area contributed by atoms with Crippen LogP contribution >= 0.6 is 0 Å². The van der Waals surface area contributed by atoms with Crippen LogP contribution in [0.5, 0.6) is 5.75 Å². The normalized spacial score (nSPS) is 10.9. The number of benzene rings is 3. The smallest absolute Gasteiger partial charge is 0.293 e. The third kappa shape index (κ3) is 4.74. The summed E-state index contributed by atoms with van der Waals surface area (Å²) in [6.07, 6.45) is 1.49. The lowest BCUT2D eigenvalue weighted by molar-refractivity contribution is 0.0991. The summed E-state index contributed by atoms with van der Waals surface area (Å²) < 4.78 is 26.1. The number of hydrogen-bond acceptors (Lipinski definition) is 5. The van der Waals surface area contributed by atoms with Gasteiger partial charge in [0, 0.05) is 5.39 Å². The number of nitrogens with zero attached hydrogens (tertiary/aromatic N) is 3. The van der Waals surface area contributed by atoms with Crippen LogP contribution in [-0.2, 0) is 13.2 Å². The van der Waals surface area contributed by atoms with Gasteiger partial charge < -0.3 is 9.15 Å². The highest BCUT2D eigenvalue weighted by Gasteiger charge is 2.14. The van der Waals surface area contributed by atoms with Gasteiger partial charge in [-0.3, -0.25) is 10.1 Å². The number of aromatic nitrogens is 3. The van der Waals surface area contributed by atoms with Gasteiger partial charge in [0.25, 0.3) is 5.91 Å². The second-order valence-corrected chi connectivity index (χ2v) is 7.38. The summed E-state index contributed by atoms with van der Waals surface area (Å²) in [5.41, 5.74) is 0.862. The Morgan fingerprint density at radius 2 is 1.82 bits per heavy atom. The molecule has 0 atom stereocenters. The molecule has 7 nitrogen and oxygen atoms in total. The number of amides is 1. The van der Waals surface area contributed by atoms with Gasteiger partial charge in [-0.05, 0) is 41.3 Å². The van der Waals surface area contributed by atoms with E-state index in [0.29, 0.717) is 12.3 Å². The van der Waals surface area contributed by atoms with Crippen molar-refractivity contribution in [3.63, 3.8) is 0 Å². The minimum Gasteiger partial charge on any atom is -0.485 e. The van der Waals surface area contributed by atoms with E-state index in [4.69, 9.17) is 9.15 Å². The van der Waals surface area contributed by atoms with Crippen LogP contribution in [-0.4, -0.2) is 20.7 Å². The van der Waals surface area contributed by atoms with E-state index in [9.17, 15) is 9.18 Å². The fraction of sp³-hybridized carbons (Fsp3) is 0.0800. The molecular formula is C25H19FN4O3. The molecule has 8 heteroatoms. The molecule has 0 radical (unpaired) electrons. The van der Waals surface area contributed by atoms with Crippen molar-refractivity contribution in [2.24, 2.45) is 0 Å². The highest BCUT2D eigenvalue weighted by Crippen LogP contribution is 2.26. The minimum atomic E-state index is -0.467. The van der Waals surface area contributed by atoms with Crippen LogP contribution in [0.2, 0.25) is 0 Å². The second-order valence-electron chi connectivity index (χ2n) is 7.38. The highest BCUT2D eigenvalue weighted by molar-refractivity contribution is 6.01.